The van der Waals surface area contributed by atoms with Crippen molar-refractivity contribution < 1.29 is 4.42 Å². The van der Waals surface area contributed by atoms with E-state index >= 15 is 0 Å². The number of nitrogens with zero attached hydrogens (tertiary/aromatic N) is 6. The molecule has 0 bridgehead atoms. The van der Waals surface area contributed by atoms with Crippen molar-refractivity contribution >= 4 is 124 Å². The summed E-state index contributed by atoms with van der Waals surface area (Å²) in [4.78, 5) is 13.9. The van der Waals surface area contributed by atoms with E-state index in [0.29, 0.717) is 28.2 Å². The predicted molar refractivity (Wildman–Crippen MR) is 279 cm³/mol. The zero-order valence-corrected chi connectivity index (χ0v) is 36.6. The van der Waals surface area contributed by atoms with Gasteiger partial charge in [0.1, 0.15) is 23.6 Å². The van der Waals surface area contributed by atoms with Crippen LogP contribution in [0.15, 0.2) is 187 Å². The highest BCUT2D eigenvalue weighted by Crippen LogP contribution is 2.55. The quantitative estimate of drug-likeness (QED) is 0.130. The number of hydrogen-bond donors (Lipinski definition) is 0. The Balaban J connectivity index is 1.25. The van der Waals surface area contributed by atoms with Crippen molar-refractivity contribution in [2.24, 2.45) is 0 Å². The summed E-state index contributed by atoms with van der Waals surface area (Å²) >= 11 is 1.76. The van der Waals surface area contributed by atoms with E-state index in [4.69, 9.17) is 9.40 Å². The van der Waals surface area contributed by atoms with Crippen LogP contribution in [0.5, 0.6) is 0 Å². The first-order valence-electron chi connectivity index (χ1n) is 22.4. The van der Waals surface area contributed by atoms with Crippen LogP contribution in [-0.4, -0.2) is 19.1 Å². The molecule has 0 N–H and O–H groups in total. The normalized spacial score (nSPS) is 12.1. The standard InChI is InChI=1S/C60H30N6OS/c1-62-55-49(33-14-4-2-5-15-33)42(30-61)56(50(34-16-6-3-7-17-34)58(55)65-44-22-12-20-37-43-31-63-32-64-54(43)40-21-13-23-45(65)52(40)51(37)44)66-46-29-28-38-35-18-8-10-24-47(35)67-59(38)53(46)41-27-26-39-36-19-9-11-25-48(36)68-60(39)57(41)66/h2-29,31-32H. The third kappa shape index (κ3) is 4.68. The van der Waals surface area contributed by atoms with Crippen LogP contribution >= 0.6 is 11.3 Å². The molecular formula is C60H30N6OS. The Kier molecular flexibility index (Phi) is 7.39. The molecule has 8 heteroatoms. The predicted octanol–water partition coefficient (Wildman–Crippen LogP) is 16.4. The summed E-state index contributed by atoms with van der Waals surface area (Å²) in [6.07, 6.45) is 3.52. The Labute approximate surface area is 390 Å². The van der Waals surface area contributed by atoms with E-state index in [9.17, 15) is 11.8 Å². The lowest BCUT2D eigenvalue weighted by Crippen LogP contribution is -2.08. The lowest BCUT2D eigenvalue weighted by molar-refractivity contribution is 0.673. The molecule has 15 aromatic rings. The van der Waals surface area contributed by atoms with Gasteiger partial charge in [0.15, 0.2) is 0 Å². The lowest BCUT2D eigenvalue weighted by atomic mass is 9.88. The molecule has 68 heavy (non-hydrogen) atoms. The van der Waals surface area contributed by atoms with Crippen molar-refractivity contribution in [2.75, 3.05) is 0 Å². The van der Waals surface area contributed by atoms with E-state index in [1.807, 2.05) is 66.9 Å². The zero-order chi connectivity index (χ0) is 44.8. The second kappa shape index (κ2) is 13.6. The molecule has 312 valence electrons. The molecule has 0 aliphatic heterocycles. The molecule has 0 fully saturated rings. The van der Waals surface area contributed by atoms with Crippen molar-refractivity contribution in [3.05, 3.63) is 199 Å². The molecule has 0 atom stereocenters. The van der Waals surface area contributed by atoms with Gasteiger partial charge in [-0.2, -0.15) is 5.26 Å². The highest BCUT2D eigenvalue weighted by atomic mass is 32.1. The van der Waals surface area contributed by atoms with Crippen LogP contribution in [0.1, 0.15) is 5.56 Å². The molecule has 5 aromatic heterocycles. The van der Waals surface area contributed by atoms with E-state index < -0.39 is 0 Å². The maximum atomic E-state index is 12.0. The maximum absolute atomic E-state index is 12.0. The Bertz CT molecular complexity index is 4670. The fourth-order valence-corrected chi connectivity index (χ4v) is 12.7. The number of benzene rings is 10. The highest BCUT2D eigenvalue weighted by Gasteiger charge is 2.33. The van der Waals surface area contributed by atoms with Crippen molar-refractivity contribution in [2.45, 2.75) is 0 Å². The lowest BCUT2D eigenvalue weighted by Gasteiger charge is -2.25. The topological polar surface area (TPSA) is 76.9 Å². The number of nitriles is 1. The van der Waals surface area contributed by atoms with Crippen LogP contribution in [0.2, 0.25) is 0 Å². The first kappa shape index (κ1) is 36.9. The van der Waals surface area contributed by atoms with Gasteiger partial charge >= 0.3 is 0 Å². The number of para-hydroxylation sites is 1. The van der Waals surface area contributed by atoms with Gasteiger partial charge in [0.25, 0.3) is 0 Å². The molecule has 0 aliphatic rings. The Morgan fingerprint density at radius 3 is 1.97 bits per heavy atom. The molecule has 10 aromatic carbocycles. The maximum Gasteiger partial charge on any atom is 0.220 e. The molecule has 15 rings (SSSR count). The average Bonchev–Trinajstić information content (AvgIpc) is 4.16. The summed E-state index contributed by atoms with van der Waals surface area (Å²) in [5.41, 5.74) is 11.4. The largest absolute Gasteiger partial charge is 0.455 e. The fraction of sp³-hybridized carbons (Fsp3) is 0. The summed E-state index contributed by atoms with van der Waals surface area (Å²) in [6.45, 7) is 9.31. The second-order valence-corrected chi connectivity index (χ2v) is 18.4. The van der Waals surface area contributed by atoms with Crippen molar-refractivity contribution in [3.63, 3.8) is 0 Å². The molecule has 7 nitrogen and oxygen atoms in total. The summed E-state index contributed by atoms with van der Waals surface area (Å²) in [7, 11) is 0. The Morgan fingerprint density at radius 2 is 1.19 bits per heavy atom. The van der Waals surface area contributed by atoms with Gasteiger partial charge in [0.2, 0.25) is 5.69 Å². The molecule has 0 spiro atoms. The summed E-state index contributed by atoms with van der Waals surface area (Å²) in [5, 5.41) is 23.5. The Hall–Kier alpha value is -9.34. The van der Waals surface area contributed by atoms with Crippen LogP contribution in [0.3, 0.4) is 0 Å². The summed E-state index contributed by atoms with van der Waals surface area (Å²) < 4.78 is 13.8. The second-order valence-electron chi connectivity index (χ2n) is 17.4. The van der Waals surface area contributed by atoms with E-state index in [0.717, 1.165) is 114 Å². The van der Waals surface area contributed by atoms with Crippen molar-refractivity contribution in [3.8, 4) is 39.7 Å². The molecule has 0 saturated heterocycles. The SMILES string of the molecule is [C-]#[N+]c1c(-c2ccccc2)c(C#N)c(-n2c3ccc4c5ccccc5oc4c3c3ccc4c5ccccc5sc4c32)c(-c2ccccc2)c1-n1c2cccc3c4cncnc4c4cccc1c4c32. The van der Waals surface area contributed by atoms with Crippen LogP contribution in [0.25, 0.3) is 146 Å². The molecule has 0 amide bonds. The van der Waals surface area contributed by atoms with Gasteiger partial charge in [-0.15, -0.1) is 11.3 Å². The molecule has 0 radical (unpaired) electrons. The van der Waals surface area contributed by atoms with Gasteiger partial charge < -0.3 is 13.6 Å². The number of hydrogen-bond acceptors (Lipinski definition) is 5. The van der Waals surface area contributed by atoms with E-state index in [2.05, 4.69) is 134 Å². The Morgan fingerprint density at radius 1 is 0.544 bits per heavy atom. The van der Waals surface area contributed by atoms with Crippen molar-refractivity contribution in [1.82, 2.24) is 19.1 Å². The van der Waals surface area contributed by atoms with Crippen LogP contribution in [-0.2, 0) is 0 Å². The molecule has 0 aliphatic carbocycles. The van der Waals surface area contributed by atoms with Gasteiger partial charge in [0, 0.05) is 70.5 Å². The minimum absolute atomic E-state index is 0.383. The zero-order valence-electron chi connectivity index (χ0n) is 35.8. The van der Waals surface area contributed by atoms with Gasteiger partial charge in [0.05, 0.1) is 61.2 Å². The fourth-order valence-electron chi connectivity index (χ4n) is 11.4. The van der Waals surface area contributed by atoms with E-state index in [1.165, 1.54) is 10.1 Å². The summed E-state index contributed by atoms with van der Waals surface area (Å²) in [5.74, 6) is 0. The molecule has 5 heterocycles. The third-order valence-electron chi connectivity index (χ3n) is 14.1. The smallest absolute Gasteiger partial charge is 0.220 e. The summed E-state index contributed by atoms with van der Waals surface area (Å²) in [6, 6.07) is 61.4. The monoisotopic (exact) mass is 882 g/mol. The number of aromatic nitrogens is 4. The average molecular weight is 883 g/mol. The van der Waals surface area contributed by atoms with E-state index in [1.54, 1.807) is 17.7 Å². The minimum atomic E-state index is 0.383. The van der Waals surface area contributed by atoms with E-state index in [-0.39, 0.29) is 0 Å². The molecular weight excluding hydrogens is 853 g/mol. The van der Waals surface area contributed by atoms with Gasteiger partial charge in [-0.3, -0.25) is 0 Å². The third-order valence-corrected chi connectivity index (χ3v) is 15.3. The van der Waals surface area contributed by atoms with Crippen LogP contribution < -0.4 is 0 Å². The highest BCUT2D eigenvalue weighted by molar-refractivity contribution is 7.26. The number of furan rings is 1. The molecule has 0 unspecified atom stereocenters. The van der Waals surface area contributed by atoms with Crippen molar-refractivity contribution in [1.29, 1.82) is 5.26 Å². The first-order chi connectivity index (χ1) is 33.7. The molecule has 0 saturated carbocycles. The van der Waals surface area contributed by atoms with Gasteiger partial charge in [-0.25, -0.2) is 14.8 Å². The first-order valence-corrected chi connectivity index (χ1v) is 23.2. The van der Waals surface area contributed by atoms with Crippen LogP contribution in [0, 0.1) is 17.9 Å². The number of fused-ring (bicyclic) bond motifs is 14. The van der Waals surface area contributed by atoms with Gasteiger partial charge in [-0.05, 0) is 52.9 Å². The number of rotatable bonds is 4. The number of thiophene rings is 1. The van der Waals surface area contributed by atoms with Crippen LogP contribution in [0.4, 0.5) is 5.69 Å². The minimum Gasteiger partial charge on any atom is -0.455 e. The van der Waals surface area contributed by atoms with Gasteiger partial charge in [-0.1, -0.05) is 133 Å².